The Morgan fingerprint density at radius 1 is 1.29 bits per heavy atom. The van der Waals surface area contributed by atoms with E-state index in [0.717, 1.165) is 5.56 Å². The monoisotopic (exact) mass is 417 g/mol. The van der Waals surface area contributed by atoms with E-state index in [-0.39, 0.29) is 28.0 Å². The number of hydrogen-bond donors (Lipinski definition) is 2. The lowest BCUT2D eigenvalue weighted by Gasteiger charge is -2.31. The molecule has 0 saturated carbocycles. The zero-order chi connectivity index (χ0) is 20.3. The summed E-state index contributed by atoms with van der Waals surface area (Å²) in [7, 11) is 0. The minimum atomic E-state index is -0.810. The molecular formula is C19H16ClN3O4S. The Kier molecular flexibility index (Phi) is 5.91. The van der Waals surface area contributed by atoms with Crippen LogP contribution in [0, 0.1) is 10.1 Å². The second kappa shape index (κ2) is 8.37. The molecular weight excluding hydrogens is 402 g/mol. The number of thiocarbonyl (C=S) groups is 1. The van der Waals surface area contributed by atoms with Gasteiger partial charge in [0, 0.05) is 22.7 Å². The average Bonchev–Trinajstić information content (AvgIpc) is 2.68. The van der Waals surface area contributed by atoms with E-state index < -0.39 is 16.9 Å². The number of nitrogens with one attached hydrogen (secondary N) is 2. The highest BCUT2D eigenvalue weighted by Crippen LogP contribution is 2.36. The molecule has 0 saturated heterocycles. The number of benzene rings is 2. The molecule has 28 heavy (non-hydrogen) atoms. The van der Waals surface area contributed by atoms with Crippen molar-refractivity contribution in [2.24, 2.45) is 0 Å². The maximum absolute atomic E-state index is 12.8. The van der Waals surface area contributed by atoms with Crippen molar-refractivity contribution in [2.45, 2.75) is 13.0 Å². The van der Waals surface area contributed by atoms with Crippen molar-refractivity contribution >= 4 is 46.3 Å². The molecule has 0 fully saturated rings. The highest BCUT2D eigenvalue weighted by atomic mass is 35.5. The molecule has 0 spiro atoms. The highest BCUT2D eigenvalue weighted by Gasteiger charge is 2.34. The molecule has 3 rings (SSSR count). The maximum Gasteiger partial charge on any atom is 0.338 e. The zero-order valence-corrected chi connectivity index (χ0v) is 16.3. The number of rotatable bonds is 5. The molecule has 2 aromatic carbocycles. The van der Waals surface area contributed by atoms with E-state index in [1.807, 2.05) is 30.3 Å². The molecule has 2 aromatic rings. The molecule has 0 aromatic heterocycles. The standard InChI is InChI=1S/C19H16ClN3O4S/c1-2-27-18(24)15-16(11-6-4-3-5-7-11)21-19(28)22-17(15)13-10-12(23(25)26)8-9-14(13)20/h3-10,17H,2H2,1H3,(H2,21,22,28). The number of esters is 1. The van der Waals surface area contributed by atoms with Gasteiger partial charge in [0.15, 0.2) is 5.11 Å². The van der Waals surface area contributed by atoms with Gasteiger partial charge in [-0.1, -0.05) is 41.9 Å². The second-order valence-corrected chi connectivity index (χ2v) is 6.69. The average molecular weight is 418 g/mol. The van der Waals surface area contributed by atoms with Crippen molar-refractivity contribution in [1.82, 2.24) is 10.6 Å². The Bertz CT molecular complexity index is 978. The molecule has 1 aliphatic rings. The van der Waals surface area contributed by atoms with Crippen molar-refractivity contribution in [1.29, 1.82) is 0 Å². The van der Waals surface area contributed by atoms with Gasteiger partial charge in [0.1, 0.15) is 0 Å². The third-order valence-corrected chi connectivity index (χ3v) is 4.70. The number of nitro groups is 1. The maximum atomic E-state index is 12.8. The second-order valence-electron chi connectivity index (χ2n) is 5.87. The summed E-state index contributed by atoms with van der Waals surface area (Å²) in [5, 5.41) is 17.7. The van der Waals surface area contributed by atoms with Crippen LogP contribution in [0.15, 0.2) is 54.1 Å². The van der Waals surface area contributed by atoms with Gasteiger partial charge in [0.2, 0.25) is 0 Å². The predicted molar refractivity (Wildman–Crippen MR) is 110 cm³/mol. The quantitative estimate of drug-likeness (QED) is 0.331. The van der Waals surface area contributed by atoms with Gasteiger partial charge < -0.3 is 15.4 Å². The summed E-state index contributed by atoms with van der Waals surface area (Å²) in [5.41, 5.74) is 1.65. The lowest BCUT2D eigenvalue weighted by atomic mass is 9.92. The third kappa shape index (κ3) is 3.97. The first kappa shape index (κ1) is 19.8. The fourth-order valence-corrected chi connectivity index (χ4v) is 3.37. The normalized spacial score (nSPS) is 16.2. The van der Waals surface area contributed by atoms with Gasteiger partial charge in [-0.05, 0) is 30.8 Å². The van der Waals surface area contributed by atoms with Gasteiger partial charge in [-0.2, -0.15) is 0 Å². The molecule has 0 aliphatic carbocycles. The van der Waals surface area contributed by atoms with E-state index >= 15 is 0 Å². The van der Waals surface area contributed by atoms with Crippen LogP contribution < -0.4 is 10.6 Å². The first-order valence-electron chi connectivity index (χ1n) is 8.40. The Morgan fingerprint density at radius 3 is 2.64 bits per heavy atom. The van der Waals surface area contributed by atoms with Crippen LogP contribution in [0.3, 0.4) is 0 Å². The van der Waals surface area contributed by atoms with Crippen LogP contribution >= 0.6 is 23.8 Å². The molecule has 1 atom stereocenters. The molecule has 7 nitrogen and oxygen atoms in total. The molecule has 1 unspecified atom stereocenters. The summed E-state index contributed by atoms with van der Waals surface area (Å²) < 4.78 is 5.24. The first-order chi connectivity index (χ1) is 13.4. The Labute approximate surface area is 171 Å². The van der Waals surface area contributed by atoms with Crippen LogP contribution in [0.4, 0.5) is 5.69 Å². The lowest BCUT2D eigenvalue weighted by molar-refractivity contribution is -0.384. The number of carbonyl (C=O) groups is 1. The van der Waals surface area contributed by atoms with E-state index in [2.05, 4.69) is 10.6 Å². The van der Waals surface area contributed by atoms with Crippen LogP contribution in [0.5, 0.6) is 0 Å². The fraction of sp³-hybridized carbons (Fsp3) is 0.158. The largest absolute Gasteiger partial charge is 0.463 e. The van der Waals surface area contributed by atoms with Crippen LogP contribution in [-0.2, 0) is 9.53 Å². The van der Waals surface area contributed by atoms with Crippen molar-refractivity contribution in [3.05, 3.63) is 80.4 Å². The van der Waals surface area contributed by atoms with E-state index in [0.29, 0.717) is 11.3 Å². The summed E-state index contributed by atoms with van der Waals surface area (Å²) in [6.45, 7) is 1.87. The summed E-state index contributed by atoms with van der Waals surface area (Å²) in [6, 6.07) is 12.4. The molecule has 0 radical (unpaired) electrons. The lowest BCUT2D eigenvalue weighted by Crippen LogP contribution is -2.45. The van der Waals surface area contributed by atoms with E-state index in [4.69, 9.17) is 28.6 Å². The zero-order valence-electron chi connectivity index (χ0n) is 14.8. The summed E-state index contributed by atoms with van der Waals surface area (Å²) >= 11 is 11.6. The van der Waals surface area contributed by atoms with Gasteiger partial charge in [0.25, 0.3) is 5.69 Å². The van der Waals surface area contributed by atoms with Crippen LogP contribution in [0.1, 0.15) is 24.1 Å². The number of halogens is 1. The fourth-order valence-electron chi connectivity index (χ4n) is 2.92. The molecule has 144 valence electrons. The van der Waals surface area contributed by atoms with E-state index in [1.165, 1.54) is 18.2 Å². The smallest absolute Gasteiger partial charge is 0.338 e. The van der Waals surface area contributed by atoms with Crippen molar-refractivity contribution in [3.63, 3.8) is 0 Å². The first-order valence-corrected chi connectivity index (χ1v) is 9.19. The number of nitro benzene ring substituents is 1. The molecule has 1 aliphatic heterocycles. The van der Waals surface area contributed by atoms with Gasteiger partial charge in [-0.25, -0.2) is 4.79 Å². The van der Waals surface area contributed by atoms with Gasteiger partial charge in [0.05, 0.1) is 28.8 Å². The SMILES string of the molecule is CCOC(=O)C1=C(c2ccccc2)NC(=S)NC1c1cc([N+](=O)[O-])ccc1Cl. The van der Waals surface area contributed by atoms with Crippen molar-refractivity contribution in [3.8, 4) is 0 Å². The van der Waals surface area contributed by atoms with Crippen molar-refractivity contribution in [2.75, 3.05) is 6.61 Å². The Hall–Kier alpha value is -2.97. The van der Waals surface area contributed by atoms with Gasteiger partial charge >= 0.3 is 5.97 Å². The minimum absolute atomic E-state index is 0.143. The third-order valence-electron chi connectivity index (χ3n) is 4.13. The number of nitrogens with zero attached hydrogens (tertiary/aromatic N) is 1. The van der Waals surface area contributed by atoms with E-state index in [1.54, 1.807) is 6.92 Å². The summed E-state index contributed by atoms with van der Waals surface area (Å²) in [6.07, 6.45) is 0. The number of hydrogen-bond acceptors (Lipinski definition) is 5. The molecule has 1 heterocycles. The Balaban J connectivity index is 2.23. The summed E-state index contributed by atoms with van der Waals surface area (Å²) in [4.78, 5) is 23.5. The predicted octanol–water partition coefficient (Wildman–Crippen LogP) is 3.74. The Morgan fingerprint density at radius 2 is 2.00 bits per heavy atom. The molecule has 2 N–H and O–H groups in total. The molecule has 0 bridgehead atoms. The summed E-state index contributed by atoms with van der Waals surface area (Å²) in [5.74, 6) is -0.573. The van der Waals surface area contributed by atoms with Gasteiger partial charge in [-0.15, -0.1) is 0 Å². The van der Waals surface area contributed by atoms with E-state index in [9.17, 15) is 14.9 Å². The van der Waals surface area contributed by atoms with Crippen molar-refractivity contribution < 1.29 is 14.5 Å². The number of non-ortho nitro benzene ring substituents is 1. The minimum Gasteiger partial charge on any atom is -0.463 e. The van der Waals surface area contributed by atoms with Crippen LogP contribution in [0.25, 0.3) is 5.70 Å². The van der Waals surface area contributed by atoms with Gasteiger partial charge in [-0.3, -0.25) is 10.1 Å². The van der Waals surface area contributed by atoms with Crippen LogP contribution in [0.2, 0.25) is 5.02 Å². The topological polar surface area (TPSA) is 93.5 Å². The molecule has 0 amide bonds. The number of carbonyl (C=O) groups excluding carboxylic acids is 1. The van der Waals surface area contributed by atoms with Crippen LogP contribution in [-0.4, -0.2) is 22.6 Å². The number of ether oxygens (including phenoxy) is 1. The highest BCUT2D eigenvalue weighted by molar-refractivity contribution is 7.80. The molecule has 9 heteroatoms.